The Morgan fingerprint density at radius 2 is 2.18 bits per heavy atom. The lowest BCUT2D eigenvalue weighted by Crippen LogP contribution is -2.36. The first-order valence-electron chi connectivity index (χ1n) is 6.47. The lowest BCUT2D eigenvalue weighted by Gasteiger charge is -2.36. The van der Waals surface area contributed by atoms with Gasteiger partial charge in [-0.2, -0.15) is 11.8 Å². The van der Waals surface area contributed by atoms with Crippen LogP contribution in [0.4, 0.5) is 5.82 Å². The van der Waals surface area contributed by atoms with Gasteiger partial charge in [-0.3, -0.25) is 0 Å². The zero-order valence-corrected chi connectivity index (χ0v) is 11.6. The first-order valence-corrected chi connectivity index (χ1v) is 7.70. The number of hydrogen-bond acceptors (Lipinski definition) is 4. The minimum absolute atomic E-state index is 0.418. The number of nitrogens with one attached hydrogen (secondary N) is 1. The van der Waals surface area contributed by atoms with Gasteiger partial charge in [0.2, 0.25) is 0 Å². The summed E-state index contributed by atoms with van der Waals surface area (Å²) < 4.78 is 2.33. The SMILES string of the molecule is CCn1nncc1NCC1(SC)CCCCC1. The Labute approximate surface area is 108 Å². The van der Waals surface area contributed by atoms with Gasteiger partial charge in [0, 0.05) is 17.8 Å². The van der Waals surface area contributed by atoms with E-state index in [1.165, 1.54) is 32.1 Å². The largest absolute Gasteiger partial charge is 0.368 e. The molecule has 0 radical (unpaired) electrons. The minimum Gasteiger partial charge on any atom is -0.368 e. The number of thioether (sulfide) groups is 1. The van der Waals surface area contributed by atoms with Crippen LogP contribution in [0.1, 0.15) is 39.0 Å². The summed E-state index contributed by atoms with van der Waals surface area (Å²) in [4.78, 5) is 0. The van der Waals surface area contributed by atoms with Crippen LogP contribution in [0, 0.1) is 0 Å². The second-order valence-corrected chi connectivity index (χ2v) is 6.01. The molecule has 0 unspecified atom stereocenters. The van der Waals surface area contributed by atoms with Gasteiger partial charge in [-0.05, 0) is 26.0 Å². The minimum atomic E-state index is 0.418. The van der Waals surface area contributed by atoms with E-state index in [2.05, 4.69) is 28.8 Å². The highest BCUT2D eigenvalue weighted by molar-refractivity contribution is 8.00. The van der Waals surface area contributed by atoms with E-state index in [0.29, 0.717) is 4.75 Å². The number of anilines is 1. The van der Waals surface area contributed by atoms with E-state index in [-0.39, 0.29) is 0 Å². The average Bonchev–Trinajstić information content (AvgIpc) is 2.85. The Morgan fingerprint density at radius 1 is 1.41 bits per heavy atom. The Bertz CT molecular complexity index is 344. The van der Waals surface area contributed by atoms with E-state index in [9.17, 15) is 0 Å². The molecule has 1 fully saturated rings. The Hall–Kier alpha value is -0.710. The standard InChI is InChI=1S/C12H22N4S/c1-3-16-11(9-14-15-16)13-10-12(17-2)7-5-4-6-8-12/h9,13H,3-8,10H2,1-2H3. The molecular formula is C12H22N4S. The molecular weight excluding hydrogens is 232 g/mol. The molecule has 1 N–H and O–H groups in total. The molecule has 2 rings (SSSR count). The number of aromatic nitrogens is 3. The van der Waals surface area contributed by atoms with Crippen LogP contribution in [-0.2, 0) is 6.54 Å². The van der Waals surface area contributed by atoms with Crippen molar-refractivity contribution < 1.29 is 0 Å². The van der Waals surface area contributed by atoms with Gasteiger partial charge in [0.05, 0.1) is 6.20 Å². The van der Waals surface area contributed by atoms with Crippen molar-refractivity contribution in [2.75, 3.05) is 18.1 Å². The van der Waals surface area contributed by atoms with Crippen molar-refractivity contribution in [3.8, 4) is 0 Å². The summed E-state index contributed by atoms with van der Waals surface area (Å²) >= 11 is 2.02. The van der Waals surface area contributed by atoms with Crippen LogP contribution in [0.3, 0.4) is 0 Å². The highest BCUT2D eigenvalue weighted by atomic mass is 32.2. The normalized spacial score (nSPS) is 19.2. The van der Waals surface area contributed by atoms with E-state index >= 15 is 0 Å². The van der Waals surface area contributed by atoms with Crippen LogP contribution in [0.5, 0.6) is 0 Å². The highest BCUT2D eigenvalue weighted by Gasteiger charge is 2.31. The van der Waals surface area contributed by atoms with Crippen LogP contribution in [-0.4, -0.2) is 32.5 Å². The maximum Gasteiger partial charge on any atom is 0.144 e. The molecule has 1 aliphatic rings. The molecule has 0 aromatic carbocycles. The molecule has 1 heterocycles. The molecule has 1 aromatic rings. The summed E-state index contributed by atoms with van der Waals surface area (Å²) in [5, 5.41) is 11.5. The molecule has 0 saturated heterocycles. The van der Waals surface area contributed by atoms with Crippen molar-refractivity contribution in [2.45, 2.75) is 50.3 Å². The third-order valence-electron chi connectivity index (χ3n) is 3.71. The van der Waals surface area contributed by atoms with Gasteiger partial charge >= 0.3 is 0 Å². The Kier molecular flexibility index (Phi) is 4.31. The van der Waals surface area contributed by atoms with E-state index in [4.69, 9.17) is 0 Å². The second kappa shape index (κ2) is 5.76. The predicted octanol–water partition coefficient (Wildman–Crippen LogP) is 2.78. The number of nitrogens with zero attached hydrogens (tertiary/aromatic N) is 3. The van der Waals surface area contributed by atoms with Gasteiger partial charge in [-0.1, -0.05) is 24.5 Å². The topological polar surface area (TPSA) is 42.7 Å². The van der Waals surface area contributed by atoms with Gasteiger partial charge in [-0.25, -0.2) is 4.68 Å². The van der Waals surface area contributed by atoms with Crippen molar-refractivity contribution in [1.82, 2.24) is 15.0 Å². The maximum absolute atomic E-state index is 4.04. The van der Waals surface area contributed by atoms with E-state index in [1.54, 1.807) is 0 Å². The quantitative estimate of drug-likeness (QED) is 0.877. The summed E-state index contributed by atoms with van der Waals surface area (Å²) in [7, 11) is 0. The van der Waals surface area contributed by atoms with Crippen LogP contribution in [0.25, 0.3) is 0 Å². The van der Waals surface area contributed by atoms with Crippen LogP contribution in [0.15, 0.2) is 6.20 Å². The molecule has 1 aromatic heterocycles. The lowest BCUT2D eigenvalue weighted by atomic mass is 9.88. The molecule has 4 nitrogen and oxygen atoms in total. The van der Waals surface area contributed by atoms with Gasteiger partial charge in [0.1, 0.15) is 5.82 Å². The second-order valence-electron chi connectivity index (χ2n) is 4.74. The Balaban J connectivity index is 1.95. The van der Waals surface area contributed by atoms with Crippen LogP contribution < -0.4 is 5.32 Å². The zero-order chi connectivity index (χ0) is 12.1. The van der Waals surface area contributed by atoms with Crippen LogP contribution >= 0.6 is 11.8 Å². The van der Waals surface area contributed by atoms with Gasteiger partial charge in [-0.15, -0.1) is 5.10 Å². The molecule has 17 heavy (non-hydrogen) atoms. The number of hydrogen-bond donors (Lipinski definition) is 1. The molecule has 5 heteroatoms. The summed E-state index contributed by atoms with van der Waals surface area (Å²) in [6.07, 6.45) is 10.9. The van der Waals surface area contributed by atoms with Crippen LogP contribution in [0.2, 0.25) is 0 Å². The summed E-state index contributed by atoms with van der Waals surface area (Å²) in [5.41, 5.74) is 0. The van der Waals surface area contributed by atoms with E-state index in [0.717, 1.165) is 18.9 Å². The third-order valence-corrected chi connectivity index (χ3v) is 5.13. The fourth-order valence-corrected chi connectivity index (χ4v) is 3.44. The summed E-state index contributed by atoms with van der Waals surface area (Å²) in [5.74, 6) is 1.05. The van der Waals surface area contributed by atoms with E-state index < -0.39 is 0 Å². The molecule has 96 valence electrons. The molecule has 0 bridgehead atoms. The predicted molar refractivity (Wildman–Crippen MR) is 73.5 cm³/mol. The van der Waals surface area contributed by atoms with Gasteiger partial charge < -0.3 is 5.32 Å². The van der Waals surface area contributed by atoms with Gasteiger partial charge in [0.25, 0.3) is 0 Å². The summed E-state index contributed by atoms with van der Waals surface area (Å²) in [6, 6.07) is 0. The zero-order valence-electron chi connectivity index (χ0n) is 10.8. The molecule has 0 amide bonds. The molecule has 1 saturated carbocycles. The van der Waals surface area contributed by atoms with Crippen molar-refractivity contribution >= 4 is 17.6 Å². The molecule has 0 spiro atoms. The Morgan fingerprint density at radius 3 is 2.82 bits per heavy atom. The third kappa shape index (κ3) is 2.94. The number of aryl methyl sites for hydroxylation is 1. The maximum atomic E-state index is 4.04. The van der Waals surface area contributed by atoms with Gasteiger partial charge in [0.15, 0.2) is 0 Å². The van der Waals surface area contributed by atoms with Crippen molar-refractivity contribution in [3.05, 3.63) is 6.20 Å². The number of rotatable bonds is 5. The van der Waals surface area contributed by atoms with E-state index in [1.807, 2.05) is 22.6 Å². The van der Waals surface area contributed by atoms with Crippen molar-refractivity contribution in [2.24, 2.45) is 0 Å². The first-order chi connectivity index (χ1) is 8.29. The first kappa shape index (κ1) is 12.7. The monoisotopic (exact) mass is 254 g/mol. The molecule has 1 aliphatic carbocycles. The summed E-state index contributed by atoms with van der Waals surface area (Å²) in [6.45, 7) is 3.99. The fourth-order valence-electron chi connectivity index (χ4n) is 2.53. The highest BCUT2D eigenvalue weighted by Crippen LogP contribution is 2.38. The average molecular weight is 254 g/mol. The molecule has 0 aliphatic heterocycles. The van der Waals surface area contributed by atoms with Crippen molar-refractivity contribution in [1.29, 1.82) is 0 Å². The molecule has 0 atom stereocenters. The fraction of sp³-hybridized carbons (Fsp3) is 0.833. The van der Waals surface area contributed by atoms with Crippen molar-refractivity contribution in [3.63, 3.8) is 0 Å². The smallest absolute Gasteiger partial charge is 0.144 e. The lowest BCUT2D eigenvalue weighted by molar-refractivity contribution is 0.410.